The summed E-state index contributed by atoms with van der Waals surface area (Å²) >= 11 is 0. The molecule has 0 bridgehead atoms. The Morgan fingerprint density at radius 3 is 2.38 bits per heavy atom. The summed E-state index contributed by atoms with van der Waals surface area (Å²) in [5, 5.41) is 3.01. The van der Waals surface area contributed by atoms with Crippen LogP contribution in [0.15, 0.2) is 53.4 Å². The lowest BCUT2D eigenvalue weighted by atomic mass is 10.0. The fourth-order valence-electron chi connectivity index (χ4n) is 3.87. The fourth-order valence-corrected chi connectivity index (χ4v) is 5.28. The molecule has 0 aromatic heterocycles. The van der Waals surface area contributed by atoms with Crippen LogP contribution in [0.2, 0.25) is 0 Å². The van der Waals surface area contributed by atoms with E-state index in [0.29, 0.717) is 12.1 Å². The number of carbonyl (C=O) groups is 1. The fraction of sp³-hybridized carbons (Fsp3) is 0.458. The number of amides is 1. The highest BCUT2D eigenvalue weighted by atomic mass is 32.2. The Morgan fingerprint density at radius 1 is 1.12 bits per heavy atom. The van der Waals surface area contributed by atoms with E-state index < -0.39 is 10.0 Å². The highest BCUT2D eigenvalue weighted by Crippen LogP contribution is 2.26. The van der Waals surface area contributed by atoms with Crippen LogP contribution in [0, 0.1) is 0 Å². The number of nitrogens with one attached hydrogen (secondary N) is 1. The predicted octanol–water partition coefficient (Wildman–Crippen LogP) is 3.29. The molecule has 1 N–H and O–H groups in total. The van der Waals surface area contributed by atoms with Crippen LogP contribution in [0.25, 0.3) is 0 Å². The van der Waals surface area contributed by atoms with Gasteiger partial charge in [-0.3, -0.25) is 9.69 Å². The second-order valence-electron chi connectivity index (χ2n) is 8.38. The molecular weight excluding hydrogens is 426 g/mol. The highest BCUT2D eigenvalue weighted by Gasteiger charge is 2.26. The molecule has 1 heterocycles. The van der Waals surface area contributed by atoms with Gasteiger partial charge in [0.1, 0.15) is 5.75 Å². The molecule has 0 spiro atoms. The van der Waals surface area contributed by atoms with Crippen molar-refractivity contribution in [2.75, 3.05) is 33.8 Å². The number of sulfonamides is 1. The molecule has 0 radical (unpaired) electrons. The van der Waals surface area contributed by atoms with Crippen LogP contribution in [0.5, 0.6) is 5.75 Å². The van der Waals surface area contributed by atoms with Crippen LogP contribution in [0.3, 0.4) is 0 Å². The third-order valence-corrected chi connectivity index (χ3v) is 8.07. The summed E-state index contributed by atoms with van der Waals surface area (Å²) in [5.74, 6) is 0.509. The lowest BCUT2D eigenvalue weighted by Crippen LogP contribution is -2.37. The van der Waals surface area contributed by atoms with Crippen LogP contribution < -0.4 is 10.1 Å². The lowest BCUT2D eigenvalue weighted by Gasteiger charge is -2.28. The molecule has 174 valence electrons. The summed E-state index contributed by atoms with van der Waals surface area (Å²) in [5.41, 5.74) is 1.45. The molecule has 1 atom stereocenters. The zero-order chi connectivity index (χ0) is 23.3. The summed E-state index contributed by atoms with van der Waals surface area (Å²) in [6.45, 7) is 6.04. The largest absolute Gasteiger partial charge is 0.497 e. The number of carbonyl (C=O) groups excluding carboxylic acids is 1. The molecule has 1 saturated heterocycles. The van der Waals surface area contributed by atoms with E-state index in [4.69, 9.17) is 4.74 Å². The van der Waals surface area contributed by atoms with Gasteiger partial charge in [-0.1, -0.05) is 18.2 Å². The molecular formula is C24H33N3O4S. The van der Waals surface area contributed by atoms with Crippen molar-refractivity contribution >= 4 is 15.9 Å². The first kappa shape index (κ1) is 24.2. The van der Waals surface area contributed by atoms with E-state index in [9.17, 15) is 13.2 Å². The van der Waals surface area contributed by atoms with Crippen LogP contribution >= 0.6 is 0 Å². The summed E-state index contributed by atoms with van der Waals surface area (Å²) in [6, 6.07) is 14.0. The summed E-state index contributed by atoms with van der Waals surface area (Å²) in [6.07, 6.45) is 2.29. The van der Waals surface area contributed by atoms with Gasteiger partial charge in [0.2, 0.25) is 10.0 Å². The van der Waals surface area contributed by atoms with Gasteiger partial charge in [0.15, 0.2) is 0 Å². The van der Waals surface area contributed by atoms with Crippen molar-refractivity contribution < 1.29 is 17.9 Å². The third kappa shape index (κ3) is 5.49. The van der Waals surface area contributed by atoms with Gasteiger partial charge in [0, 0.05) is 25.2 Å². The maximum absolute atomic E-state index is 12.9. The lowest BCUT2D eigenvalue weighted by molar-refractivity contribution is 0.0937. The Kier molecular flexibility index (Phi) is 7.92. The number of methoxy groups -OCH3 is 1. The van der Waals surface area contributed by atoms with E-state index in [1.807, 2.05) is 38.1 Å². The molecule has 2 aromatic rings. The summed E-state index contributed by atoms with van der Waals surface area (Å²) in [4.78, 5) is 15.4. The molecule has 1 unspecified atom stereocenters. The average molecular weight is 460 g/mol. The molecule has 0 saturated carbocycles. The number of hydrogen-bond donors (Lipinski definition) is 1. The van der Waals surface area contributed by atoms with E-state index in [-0.39, 0.29) is 22.9 Å². The molecule has 2 aromatic carbocycles. The second-order valence-corrected chi connectivity index (χ2v) is 10.4. The number of rotatable bonds is 9. The summed E-state index contributed by atoms with van der Waals surface area (Å²) < 4.78 is 32.2. The van der Waals surface area contributed by atoms with Crippen molar-refractivity contribution in [3.8, 4) is 5.75 Å². The Hall–Kier alpha value is -2.42. The molecule has 7 nitrogen and oxygen atoms in total. The standard InChI is InChI=1S/C24H33N3O4S/c1-18(2)26(3)32(29,30)22-9-7-8-20(16-22)24(28)25-17-23(27-14-5-6-15-27)19-10-12-21(31-4)13-11-19/h7-13,16,18,23H,5-6,14-15,17H2,1-4H3,(H,25,28). The van der Waals surface area contributed by atoms with Crippen molar-refractivity contribution in [3.05, 3.63) is 59.7 Å². The van der Waals surface area contributed by atoms with E-state index in [0.717, 1.165) is 37.2 Å². The van der Waals surface area contributed by atoms with Crippen LogP contribution in [0.1, 0.15) is 48.7 Å². The number of nitrogens with zero attached hydrogens (tertiary/aromatic N) is 2. The van der Waals surface area contributed by atoms with Crippen molar-refractivity contribution in [1.29, 1.82) is 0 Å². The minimum absolute atomic E-state index is 0.0475. The van der Waals surface area contributed by atoms with Crippen LogP contribution in [0.4, 0.5) is 0 Å². The van der Waals surface area contributed by atoms with Gasteiger partial charge in [-0.2, -0.15) is 4.31 Å². The van der Waals surface area contributed by atoms with Gasteiger partial charge in [-0.15, -0.1) is 0 Å². The zero-order valence-corrected chi connectivity index (χ0v) is 20.1. The molecule has 32 heavy (non-hydrogen) atoms. The monoisotopic (exact) mass is 459 g/mol. The first-order chi connectivity index (χ1) is 15.2. The maximum Gasteiger partial charge on any atom is 0.251 e. The van der Waals surface area contributed by atoms with E-state index in [1.165, 1.54) is 16.4 Å². The maximum atomic E-state index is 12.9. The first-order valence-corrected chi connectivity index (χ1v) is 12.4. The van der Waals surface area contributed by atoms with Crippen LogP contribution in [-0.2, 0) is 10.0 Å². The Labute approximate surface area is 191 Å². The molecule has 1 fully saturated rings. The topological polar surface area (TPSA) is 78.9 Å². The van der Waals surface area contributed by atoms with Gasteiger partial charge in [-0.25, -0.2) is 8.42 Å². The quantitative estimate of drug-likeness (QED) is 0.623. The van der Waals surface area contributed by atoms with E-state index in [2.05, 4.69) is 10.2 Å². The van der Waals surface area contributed by atoms with Crippen molar-refractivity contribution in [2.24, 2.45) is 0 Å². The normalized spacial score (nSPS) is 15.8. The highest BCUT2D eigenvalue weighted by molar-refractivity contribution is 7.89. The van der Waals surface area contributed by atoms with E-state index in [1.54, 1.807) is 26.3 Å². The Morgan fingerprint density at radius 2 is 1.78 bits per heavy atom. The van der Waals surface area contributed by atoms with Crippen molar-refractivity contribution in [3.63, 3.8) is 0 Å². The predicted molar refractivity (Wildman–Crippen MR) is 125 cm³/mol. The number of hydrogen-bond acceptors (Lipinski definition) is 5. The first-order valence-electron chi connectivity index (χ1n) is 11.0. The molecule has 1 aliphatic rings. The van der Waals surface area contributed by atoms with Gasteiger partial charge in [0.05, 0.1) is 18.0 Å². The molecule has 1 aliphatic heterocycles. The smallest absolute Gasteiger partial charge is 0.251 e. The average Bonchev–Trinajstić information content (AvgIpc) is 3.33. The van der Waals surface area contributed by atoms with Crippen LogP contribution in [-0.4, -0.2) is 63.4 Å². The number of likely N-dealkylation sites (tertiary alicyclic amines) is 1. The molecule has 1 amide bonds. The number of ether oxygens (including phenoxy) is 1. The minimum atomic E-state index is -3.65. The Bertz CT molecular complexity index is 1020. The zero-order valence-electron chi connectivity index (χ0n) is 19.2. The second kappa shape index (κ2) is 10.5. The minimum Gasteiger partial charge on any atom is -0.497 e. The van der Waals surface area contributed by atoms with Gasteiger partial charge >= 0.3 is 0 Å². The summed E-state index contributed by atoms with van der Waals surface area (Å²) in [7, 11) is -0.472. The SMILES string of the molecule is COc1ccc(C(CNC(=O)c2cccc(S(=O)(=O)N(C)C(C)C)c2)N2CCCC2)cc1. The van der Waals surface area contributed by atoms with Gasteiger partial charge in [0.25, 0.3) is 5.91 Å². The molecule has 8 heteroatoms. The van der Waals surface area contributed by atoms with Crippen molar-refractivity contribution in [2.45, 2.75) is 43.7 Å². The molecule has 3 rings (SSSR count). The van der Waals surface area contributed by atoms with E-state index >= 15 is 0 Å². The molecule has 0 aliphatic carbocycles. The Balaban J connectivity index is 1.76. The number of benzene rings is 2. The third-order valence-electron chi connectivity index (χ3n) is 6.04. The van der Waals surface area contributed by atoms with Gasteiger partial charge in [-0.05, 0) is 75.7 Å². The van der Waals surface area contributed by atoms with Crippen molar-refractivity contribution in [1.82, 2.24) is 14.5 Å². The van der Waals surface area contributed by atoms with Gasteiger partial charge < -0.3 is 10.1 Å².